The van der Waals surface area contributed by atoms with E-state index in [1.54, 1.807) is 5.56 Å². The maximum atomic E-state index is 2.59. The molecular weight excluding hydrogens is 613 g/mol. The van der Waals surface area contributed by atoms with E-state index in [0.717, 1.165) is 0 Å². The van der Waals surface area contributed by atoms with Crippen molar-refractivity contribution in [3.05, 3.63) is 155 Å². The van der Waals surface area contributed by atoms with Gasteiger partial charge in [-0.05, 0) is 142 Å². The molecule has 246 valence electrons. The van der Waals surface area contributed by atoms with Gasteiger partial charge >= 0.3 is 0 Å². The van der Waals surface area contributed by atoms with Crippen LogP contribution in [0.1, 0.15) is 87.1 Å². The summed E-state index contributed by atoms with van der Waals surface area (Å²) >= 11 is 0. The molecule has 1 saturated carbocycles. The highest BCUT2D eigenvalue weighted by Crippen LogP contribution is 2.53. The first-order chi connectivity index (χ1) is 24.8. The second-order valence-corrected chi connectivity index (χ2v) is 16.7. The fraction of sp³-hybridized carbons (Fsp3) is 0.216. The van der Waals surface area contributed by atoms with Crippen molar-refractivity contribution in [3.8, 4) is 44.5 Å². The molecule has 0 unspecified atom stereocenters. The largest absolute Gasteiger partial charge is 0.0619 e. The highest BCUT2D eigenvalue weighted by molar-refractivity contribution is 6.28. The van der Waals surface area contributed by atoms with Crippen LogP contribution in [0.3, 0.4) is 0 Å². The van der Waals surface area contributed by atoms with Gasteiger partial charge in [-0.3, -0.25) is 0 Å². The normalized spacial score (nSPS) is 16.9. The van der Waals surface area contributed by atoms with Crippen LogP contribution in [0.25, 0.3) is 76.8 Å². The summed E-state index contributed by atoms with van der Waals surface area (Å²) in [6.07, 6.45) is 5.23. The summed E-state index contributed by atoms with van der Waals surface area (Å²) in [5, 5.41) is 8.39. The lowest BCUT2D eigenvalue weighted by molar-refractivity contribution is 0.660. The van der Waals surface area contributed by atoms with Gasteiger partial charge in [0.05, 0.1) is 0 Å². The molecule has 0 heteroatoms. The van der Waals surface area contributed by atoms with Gasteiger partial charge in [0.1, 0.15) is 0 Å². The molecule has 0 N–H and O–H groups in total. The SMILES string of the molecule is CC1(C)c2ccccc2-c2ccc(-c3ccc4ccc5c(-c6ccc7c(c6)C(C)(C)c6ccccc6-7)cc(C6CCCC6)c6ccc3c4c56)cc21. The lowest BCUT2D eigenvalue weighted by Gasteiger charge is -2.24. The molecule has 0 aromatic heterocycles. The number of hydrogen-bond acceptors (Lipinski definition) is 0. The Morgan fingerprint density at radius 2 is 0.902 bits per heavy atom. The van der Waals surface area contributed by atoms with Gasteiger partial charge in [-0.2, -0.15) is 0 Å². The lowest BCUT2D eigenvalue weighted by atomic mass is 9.79. The standard InChI is InChI=1S/C51H42/c1-50(2)44-15-9-7-13-35(44)37-22-19-32(27-46(37)50)34-21-17-31-18-24-40-43(29-42(30-11-5-6-12-30)41-26-25-39(34)48(31)49(40)41)33-20-23-38-36-14-8-10-16-45(36)51(3,4)47(38)28-33/h7-10,13-30H,5-6,11-12H2,1-4H3. The van der Waals surface area contributed by atoms with E-state index in [1.807, 2.05) is 0 Å². The minimum Gasteiger partial charge on any atom is -0.0619 e. The summed E-state index contributed by atoms with van der Waals surface area (Å²) in [6, 6.07) is 49.6. The van der Waals surface area contributed by atoms with E-state index in [1.165, 1.54) is 125 Å². The Labute approximate surface area is 301 Å². The summed E-state index contributed by atoms with van der Waals surface area (Å²) in [6.45, 7) is 9.57. The van der Waals surface area contributed by atoms with Gasteiger partial charge in [-0.15, -0.1) is 0 Å². The zero-order chi connectivity index (χ0) is 34.2. The van der Waals surface area contributed by atoms with Crippen molar-refractivity contribution < 1.29 is 0 Å². The Kier molecular flexibility index (Phi) is 5.90. The van der Waals surface area contributed by atoms with Gasteiger partial charge in [0.25, 0.3) is 0 Å². The average Bonchev–Trinajstić information content (AvgIpc) is 3.84. The topological polar surface area (TPSA) is 0 Å². The molecule has 3 aliphatic rings. The Bertz CT molecular complexity index is 2750. The monoisotopic (exact) mass is 654 g/mol. The Morgan fingerprint density at radius 3 is 1.55 bits per heavy atom. The molecule has 3 aliphatic carbocycles. The Hall–Kier alpha value is -5.20. The fourth-order valence-corrected chi connectivity index (χ4v) is 10.7. The molecular formula is C51H42. The predicted octanol–water partition coefficient (Wildman–Crippen LogP) is 14.2. The Balaban J connectivity index is 1.16. The third kappa shape index (κ3) is 3.91. The van der Waals surface area contributed by atoms with Crippen molar-refractivity contribution >= 4 is 32.3 Å². The fourth-order valence-electron chi connectivity index (χ4n) is 10.7. The van der Waals surface area contributed by atoms with Crippen molar-refractivity contribution in [1.29, 1.82) is 0 Å². The summed E-state index contributed by atoms with van der Waals surface area (Å²) < 4.78 is 0. The van der Waals surface area contributed by atoms with Crippen molar-refractivity contribution in [2.75, 3.05) is 0 Å². The van der Waals surface area contributed by atoms with Gasteiger partial charge < -0.3 is 0 Å². The van der Waals surface area contributed by atoms with Crippen molar-refractivity contribution in [1.82, 2.24) is 0 Å². The first kappa shape index (κ1) is 29.5. The van der Waals surface area contributed by atoms with Crippen LogP contribution in [-0.2, 0) is 10.8 Å². The lowest BCUT2D eigenvalue weighted by Crippen LogP contribution is -2.14. The molecule has 0 nitrogen and oxygen atoms in total. The second-order valence-electron chi connectivity index (χ2n) is 16.7. The van der Waals surface area contributed by atoms with E-state index in [0.29, 0.717) is 5.92 Å². The van der Waals surface area contributed by atoms with Gasteiger partial charge in [0.2, 0.25) is 0 Å². The van der Waals surface area contributed by atoms with Crippen LogP contribution in [0.4, 0.5) is 0 Å². The molecule has 11 rings (SSSR count). The third-order valence-electron chi connectivity index (χ3n) is 13.4. The minimum absolute atomic E-state index is 0.0252. The first-order valence-corrected chi connectivity index (χ1v) is 19.0. The van der Waals surface area contributed by atoms with Crippen molar-refractivity contribution in [2.24, 2.45) is 0 Å². The number of hydrogen-bond donors (Lipinski definition) is 0. The summed E-state index contributed by atoms with van der Waals surface area (Å²) in [4.78, 5) is 0. The van der Waals surface area contributed by atoms with Gasteiger partial charge in [0.15, 0.2) is 0 Å². The average molecular weight is 655 g/mol. The maximum absolute atomic E-state index is 2.59. The van der Waals surface area contributed by atoms with Gasteiger partial charge in [-0.1, -0.05) is 150 Å². The van der Waals surface area contributed by atoms with E-state index >= 15 is 0 Å². The van der Waals surface area contributed by atoms with E-state index in [2.05, 4.69) is 155 Å². The molecule has 0 heterocycles. The van der Waals surface area contributed by atoms with Crippen LogP contribution >= 0.6 is 0 Å². The number of benzene rings is 8. The smallest absolute Gasteiger partial charge is 0.0159 e. The maximum Gasteiger partial charge on any atom is 0.0159 e. The van der Waals surface area contributed by atoms with Crippen molar-refractivity contribution in [3.63, 3.8) is 0 Å². The second kappa shape index (κ2) is 10.2. The zero-order valence-electron chi connectivity index (χ0n) is 30.0. The van der Waals surface area contributed by atoms with Crippen LogP contribution in [0.2, 0.25) is 0 Å². The molecule has 0 radical (unpaired) electrons. The molecule has 1 fully saturated rings. The molecule has 0 amide bonds. The van der Waals surface area contributed by atoms with E-state index < -0.39 is 0 Å². The summed E-state index contributed by atoms with van der Waals surface area (Å²) in [5.41, 5.74) is 18.1. The summed E-state index contributed by atoms with van der Waals surface area (Å²) in [7, 11) is 0. The predicted molar refractivity (Wildman–Crippen MR) is 217 cm³/mol. The number of fused-ring (bicyclic) bond motifs is 6. The van der Waals surface area contributed by atoms with Crippen LogP contribution in [-0.4, -0.2) is 0 Å². The van der Waals surface area contributed by atoms with Crippen LogP contribution in [0.5, 0.6) is 0 Å². The van der Waals surface area contributed by atoms with Crippen LogP contribution < -0.4 is 0 Å². The molecule has 0 bridgehead atoms. The zero-order valence-corrected chi connectivity index (χ0v) is 30.0. The van der Waals surface area contributed by atoms with E-state index in [-0.39, 0.29) is 10.8 Å². The molecule has 0 aliphatic heterocycles. The summed E-state index contributed by atoms with van der Waals surface area (Å²) in [5.74, 6) is 0.614. The first-order valence-electron chi connectivity index (χ1n) is 19.0. The quantitative estimate of drug-likeness (QED) is 0.166. The highest BCUT2D eigenvalue weighted by atomic mass is 14.4. The van der Waals surface area contributed by atoms with E-state index in [4.69, 9.17) is 0 Å². The highest BCUT2D eigenvalue weighted by Gasteiger charge is 2.37. The molecule has 0 atom stereocenters. The Morgan fingerprint density at radius 1 is 0.412 bits per heavy atom. The molecule has 0 saturated heterocycles. The van der Waals surface area contributed by atoms with Crippen LogP contribution in [0.15, 0.2) is 127 Å². The van der Waals surface area contributed by atoms with Gasteiger partial charge in [-0.25, -0.2) is 0 Å². The minimum atomic E-state index is -0.0271. The molecule has 51 heavy (non-hydrogen) atoms. The third-order valence-corrected chi connectivity index (χ3v) is 13.4. The van der Waals surface area contributed by atoms with Crippen molar-refractivity contribution in [2.45, 2.75) is 70.1 Å². The van der Waals surface area contributed by atoms with Crippen LogP contribution in [0, 0.1) is 0 Å². The molecule has 8 aromatic rings. The molecule has 0 spiro atoms. The number of rotatable bonds is 3. The van der Waals surface area contributed by atoms with E-state index in [9.17, 15) is 0 Å². The molecule has 8 aromatic carbocycles. The van der Waals surface area contributed by atoms with Gasteiger partial charge in [0, 0.05) is 10.8 Å².